The van der Waals surface area contributed by atoms with Gasteiger partial charge in [-0.15, -0.1) is 0 Å². The summed E-state index contributed by atoms with van der Waals surface area (Å²) in [5.74, 6) is -1.51. The summed E-state index contributed by atoms with van der Waals surface area (Å²) in [7, 11) is 0. The molecule has 0 radical (unpaired) electrons. The van der Waals surface area contributed by atoms with Gasteiger partial charge < -0.3 is 14.7 Å². The predicted molar refractivity (Wildman–Crippen MR) is 37.8 cm³/mol. The molecule has 11 heavy (non-hydrogen) atoms. The first-order valence-electron chi connectivity index (χ1n) is 3.36. The van der Waals surface area contributed by atoms with E-state index in [0.29, 0.717) is 26.3 Å². The van der Waals surface area contributed by atoms with Gasteiger partial charge in [0.05, 0.1) is 13.2 Å². The molecular formula is C6H10N2O3. The third kappa shape index (κ3) is 1.91. The Labute approximate surface area is 64.1 Å². The van der Waals surface area contributed by atoms with Gasteiger partial charge in [0.1, 0.15) is 0 Å². The van der Waals surface area contributed by atoms with Crippen LogP contribution in [-0.4, -0.2) is 48.1 Å². The lowest BCUT2D eigenvalue weighted by Gasteiger charge is -2.26. The van der Waals surface area contributed by atoms with Gasteiger partial charge >= 0.3 is 5.97 Å². The van der Waals surface area contributed by atoms with Crippen molar-refractivity contribution < 1.29 is 14.6 Å². The summed E-state index contributed by atoms with van der Waals surface area (Å²) < 4.78 is 5.00. The molecule has 1 rings (SSSR count). The summed E-state index contributed by atoms with van der Waals surface area (Å²) >= 11 is 0. The number of rotatable bonds is 0. The van der Waals surface area contributed by atoms with Crippen molar-refractivity contribution >= 4 is 11.8 Å². The lowest BCUT2D eigenvalue weighted by Crippen LogP contribution is -2.43. The fourth-order valence-electron chi connectivity index (χ4n) is 0.922. The maximum Gasteiger partial charge on any atom is 0.371 e. The topological polar surface area (TPSA) is 73.6 Å². The zero-order valence-electron chi connectivity index (χ0n) is 6.04. The van der Waals surface area contributed by atoms with Crippen molar-refractivity contribution in [1.82, 2.24) is 4.90 Å². The molecule has 1 saturated heterocycles. The van der Waals surface area contributed by atoms with Gasteiger partial charge in [-0.1, -0.05) is 0 Å². The van der Waals surface area contributed by atoms with Gasteiger partial charge in [0.2, 0.25) is 5.84 Å². The van der Waals surface area contributed by atoms with Crippen molar-refractivity contribution in [1.29, 1.82) is 5.41 Å². The van der Waals surface area contributed by atoms with Crippen LogP contribution in [0.2, 0.25) is 0 Å². The fraction of sp³-hybridized carbons (Fsp3) is 0.667. The summed E-state index contributed by atoms with van der Waals surface area (Å²) in [5.41, 5.74) is 0. The van der Waals surface area contributed by atoms with Crippen LogP contribution in [0.3, 0.4) is 0 Å². The van der Waals surface area contributed by atoms with E-state index in [1.165, 1.54) is 4.90 Å². The number of nitrogens with zero attached hydrogens (tertiary/aromatic N) is 1. The van der Waals surface area contributed by atoms with E-state index in [0.717, 1.165) is 0 Å². The van der Waals surface area contributed by atoms with Crippen LogP contribution < -0.4 is 0 Å². The molecule has 1 aliphatic rings. The Morgan fingerprint density at radius 3 is 2.45 bits per heavy atom. The molecule has 0 spiro atoms. The second-order valence-corrected chi connectivity index (χ2v) is 2.25. The minimum absolute atomic E-state index is 0.340. The molecular weight excluding hydrogens is 148 g/mol. The summed E-state index contributed by atoms with van der Waals surface area (Å²) in [6.45, 7) is 2.03. The van der Waals surface area contributed by atoms with Crippen LogP contribution in [0.4, 0.5) is 0 Å². The normalized spacial score (nSPS) is 18.0. The molecule has 5 heteroatoms. The van der Waals surface area contributed by atoms with Crippen molar-refractivity contribution in [3.05, 3.63) is 0 Å². The number of aliphatic carboxylic acids is 1. The Bertz CT molecular complexity index is 175. The minimum atomic E-state index is -1.17. The first-order chi connectivity index (χ1) is 5.22. The molecule has 0 unspecified atom stereocenters. The largest absolute Gasteiger partial charge is 0.475 e. The van der Waals surface area contributed by atoms with Crippen LogP contribution in [0.25, 0.3) is 0 Å². The first kappa shape index (κ1) is 8.00. The number of hydrogen-bond acceptors (Lipinski definition) is 3. The quantitative estimate of drug-likeness (QED) is 0.364. The van der Waals surface area contributed by atoms with Crippen molar-refractivity contribution in [2.45, 2.75) is 0 Å². The predicted octanol–water partition coefficient (Wildman–Crippen LogP) is -0.620. The molecule has 0 saturated carbocycles. The summed E-state index contributed by atoms with van der Waals surface area (Å²) in [4.78, 5) is 11.8. The number of ether oxygens (including phenoxy) is 1. The van der Waals surface area contributed by atoms with E-state index in [-0.39, 0.29) is 5.84 Å². The summed E-state index contributed by atoms with van der Waals surface area (Å²) in [5, 5.41) is 15.5. The lowest BCUT2D eigenvalue weighted by atomic mass is 10.4. The Hall–Kier alpha value is -1.10. The Kier molecular flexibility index (Phi) is 2.43. The second-order valence-electron chi connectivity index (χ2n) is 2.25. The van der Waals surface area contributed by atoms with Gasteiger partial charge in [-0.2, -0.15) is 0 Å². The highest BCUT2D eigenvalue weighted by atomic mass is 16.5. The smallest absolute Gasteiger partial charge is 0.371 e. The second kappa shape index (κ2) is 3.34. The molecule has 0 aromatic rings. The van der Waals surface area contributed by atoms with Gasteiger partial charge in [-0.3, -0.25) is 5.41 Å². The lowest BCUT2D eigenvalue weighted by molar-refractivity contribution is -0.130. The third-order valence-electron chi connectivity index (χ3n) is 1.53. The number of nitrogens with one attached hydrogen (secondary N) is 1. The average molecular weight is 158 g/mol. The van der Waals surface area contributed by atoms with E-state index in [1.807, 2.05) is 0 Å². The molecule has 1 heterocycles. The van der Waals surface area contributed by atoms with Crippen molar-refractivity contribution in [3.63, 3.8) is 0 Å². The molecule has 5 nitrogen and oxygen atoms in total. The highest BCUT2D eigenvalue weighted by Gasteiger charge is 2.18. The number of amidine groups is 1. The van der Waals surface area contributed by atoms with Crippen molar-refractivity contribution in [3.8, 4) is 0 Å². The molecule has 1 fully saturated rings. The van der Waals surface area contributed by atoms with Crippen molar-refractivity contribution in [2.24, 2.45) is 0 Å². The van der Waals surface area contributed by atoms with Crippen LogP contribution in [0.1, 0.15) is 0 Å². The van der Waals surface area contributed by atoms with E-state index in [4.69, 9.17) is 15.3 Å². The van der Waals surface area contributed by atoms with E-state index in [9.17, 15) is 4.79 Å². The number of carbonyl (C=O) groups is 1. The van der Waals surface area contributed by atoms with Crippen LogP contribution in [-0.2, 0) is 9.53 Å². The third-order valence-corrected chi connectivity index (χ3v) is 1.53. The van der Waals surface area contributed by atoms with Gasteiger partial charge in [0.25, 0.3) is 0 Å². The zero-order valence-corrected chi connectivity index (χ0v) is 6.04. The van der Waals surface area contributed by atoms with Gasteiger partial charge in [-0.25, -0.2) is 4.79 Å². The van der Waals surface area contributed by atoms with Gasteiger partial charge in [-0.05, 0) is 0 Å². The Balaban J connectivity index is 2.45. The molecule has 1 aliphatic heterocycles. The minimum Gasteiger partial charge on any atom is -0.475 e. The maximum absolute atomic E-state index is 10.3. The molecule has 0 amide bonds. The standard InChI is InChI=1S/C6H10N2O3/c7-5(6(9)10)8-1-3-11-4-2-8/h7H,1-4H2,(H,9,10). The highest BCUT2D eigenvalue weighted by molar-refractivity contribution is 6.32. The molecule has 0 atom stereocenters. The number of carboxylic acid groups (broad SMARTS) is 1. The van der Waals surface area contributed by atoms with Crippen LogP contribution in [0, 0.1) is 5.41 Å². The molecule has 0 aromatic carbocycles. The van der Waals surface area contributed by atoms with Crippen LogP contribution >= 0.6 is 0 Å². The molecule has 0 aromatic heterocycles. The average Bonchev–Trinajstić information content (AvgIpc) is 2.05. The maximum atomic E-state index is 10.3. The van der Waals surface area contributed by atoms with Crippen LogP contribution in [0.15, 0.2) is 0 Å². The van der Waals surface area contributed by atoms with Gasteiger partial charge in [0, 0.05) is 13.1 Å². The van der Waals surface area contributed by atoms with Gasteiger partial charge in [0.15, 0.2) is 0 Å². The zero-order chi connectivity index (χ0) is 8.27. The molecule has 62 valence electrons. The number of morpholine rings is 1. The van der Waals surface area contributed by atoms with E-state index in [2.05, 4.69) is 0 Å². The molecule has 0 bridgehead atoms. The summed E-state index contributed by atoms with van der Waals surface area (Å²) in [6, 6.07) is 0. The highest BCUT2D eigenvalue weighted by Crippen LogP contribution is 1.96. The van der Waals surface area contributed by atoms with E-state index >= 15 is 0 Å². The SMILES string of the molecule is N=C(C(=O)O)N1CCOCC1. The summed E-state index contributed by atoms with van der Waals surface area (Å²) in [6.07, 6.45) is 0. The molecule has 0 aliphatic carbocycles. The van der Waals surface area contributed by atoms with Crippen molar-refractivity contribution in [2.75, 3.05) is 26.3 Å². The Morgan fingerprint density at radius 2 is 2.00 bits per heavy atom. The number of carboxylic acids is 1. The fourth-order valence-corrected chi connectivity index (χ4v) is 0.922. The molecule has 2 N–H and O–H groups in total. The van der Waals surface area contributed by atoms with Crippen LogP contribution in [0.5, 0.6) is 0 Å². The first-order valence-corrected chi connectivity index (χ1v) is 3.36. The van der Waals surface area contributed by atoms with E-state index < -0.39 is 5.97 Å². The monoisotopic (exact) mass is 158 g/mol. The van der Waals surface area contributed by atoms with E-state index in [1.54, 1.807) is 0 Å². The number of hydrogen-bond donors (Lipinski definition) is 2. The Morgan fingerprint density at radius 1 is 1.45 bits per heavy atom.